The van der Waals surface area contributed by atoms with Gasteiger partial charge in [0.15, 0.2) is 0 Å². The zero-order valence-corrected chi connectivity index (χ0v) is 18.1. The SMILES string of the molecule is CCCCCCCCCCOC(=O)Cc1ccc2ccc3cccc4ccc1c2c34. The van der Waals surface area contributed by atoms with Gasteiger partial charge in [-0.3, -0.25) is 4.79 Å². The van der Waals surface area contributed by atoms with Crippen LogP contribution in [0.4, 0.5) is 0 Å². The summed E-state index contributed by atoms with van der Waals surface area (Å²) >= 11 is 0. The van der Waals surface area contributed by atoms with Crippen molar-refractivity contribution in [3.05, 3.63) is 60.2 Å². The Morgan fingerprint density at radius 3 is 2.03 bits per heavy atom. The van der Waals surface area contributed by atoms with Gasteiger partial charge in [0.1, 0.15) is 0 Å². The molecule has 2 heteroatoms. The lowest BCUT2D eigenvalue weighted by atomic mass is 9.91. The highest BCUT2D eigenvalue weighted by Crippen LogP contribution is 2.36. The van der Waals surface area contributed by atoms with Gasteiger partial charge in [-0.15, -0.1) is 0 Å². The molecule has 0 heterocycles. The first-order valence-corrected chi connectivity index (χ1v) is 11.6. The van der Waals surface area contributed by atoms with Crippen LogP contribution in [0.15, 0.2) is 54.6 Å². The summed E-state index contributed by atoms with van der Waals surface area (Å²) in [7, 11) is 0. The normalized spacial score (nSPS) is 11.6. The van der Waals surface area contributed by atoms with E-state index < -0.39 is 0 Å². The monoisotopic (exact) mass is 400 g/mol. The fourth-order valence-electron chi connectivity index (χ4n) is 4.58. The second kappa shape index (κ2) is 9.93. The molecule has 156 valence electrons. The number of hydrogen-bond donors (Lipinski definition) is 0. The van der Waals surface area contributed by atoms with Crippen molar-refractivity contribution >= 4 is 38.3 Å². The Labute approximate surface area is 179 Å². The van der Waals surface area contributed by atoms with Gasteiger partial charge in [-0.25, -0.2) is 0 Å². The molecule has 0 aliphatic carbocycles. The standard InChI is InChI=1S/C28H32O2/c1-2-3-4-5-6-7-8-9-19-30-26(29)20-24-16-15-23-14-13-21-11-10-12-22-17-18-25(24)28(23)27(21)22/h10-18H,2-9,19-20H2,1H3. The molecule has 0 unspecified atom stereocenters. The predicted octanol–water partition coefficient (Wildman–Crippen LogP) is 7.81. The molecule has 0 radical (unpaired) electrons. The molecule has 0 N–H and O–H groups in total. The van der Waals surface area contributed by atoms with E-state index in [-0.39, 0.29) is 5.97 Å². The number of unbranched alkanes of at least 4 members (excludes halogenated alkanes) is 7. The van der Waals surface area contributed by atoms with Crippen LogP contribution in [-0.2, 0) is 16.0 Å². The van der Waals surface area contributed by atoms with E-state index >= 15 is 0 Å². The van der Waals surface area contributed by atoms with Gasteiger partial charge >= 0.3 is 5.97 Å². The van der Waals surface area contributed by atoms with Gasteiger partial charge in [-0.1, -0.05) is 106 Å². The molecule has 0 aliphatic heterocycles. The van der Waals surface area contributed by atoms with Crippen molar-refractivity contribution in [3.8, 4) is 0 Å². The average molecular weight is 401 g/mol. The van der Waals surface area contributed by atoms with E-state index in [2.05, 4.69) is 61.5 Å². The summed E-state index contributed by atoms with van der Waals surface area (Å²) in [4.78, 5) is 12.5. The number of carbonyl (C=O) groups is 1. The Morgan fingerprint density at radius 2 is 1.30 bits per heavy atom. The molecule has 0 aromatic heterocycles. The van der Waals surface area contributed by atoms with Crippen LogP contribution in [0.1, 0.15) is 63.9 Å². The van der Waals surface area contributed by atoms with Crippen LogP contribution in [-0.4, -0.2) is 12.6 Å². The third kappa shape index (κ3) is 4.59. The molecule has 0 atom stereocenters. The van der Waals surface area contributed by atoms with Crippen molar-refractivity contribution in [1.29, 1.82) is 0 Å². The first kappa shape index (κ1) is 20.7. The van der Waals surface area contributed by atoms with E-state index in [4.69, 9.17) is 4.74 Å². The number of hydrogen-bond acceptors (Lipinski definition) is 2. The van der Waals surface area contributed by atoms with E-state index in [1.165, 1.54) is 70.8 Å². The summed E-state index contributed by atoms with van der Waals surface area (Å²) < 4.78 is 5.54. The molecular weight excluding hydrogens is 368 g/mol. The molecule has 4 rings (SSSR count). The summed E-state index contributed by atoms with van der Waals surface area (Å²) in [6.07, 6.45) is 10.3. The molecule has 0 spiro atoms. The molecule has 0 fully saturated rings. The zero-order chi connectivity index (χ0) is 20.8. The highest BCUT2D eigenvalue weighted by Gasteiger charge is 2.13. The van der Waals surface area contributed by atoms with Crippen LogP contribution in [0.3, 0.4) is 0 Å². The molecule has 0 bridgehead atoms. The topological polar surface area (TPSA) is 26.3 Å². The highest BCUT2D eigenvalue weighted by atomic mass is 16.5. The number of ether oxygens (including phenoxy) is 1. The Morgan fingerprint density at radius 1 is 0.700 bits per heavy atom. The molecule has 4 aromatic carbocycles. The number of carbonyl (C=O) groups excluding carboxylic acids is 1. The largest absolute Gasteiger partial charge is 0.465 e. The van der Waals surface area contributed by atoms with Gasteiger partial charge in [0, 0.05) is 0 Å². The van der Waals surface area contributed by atoms with E-state index in [0.717, 1.165) is 18.4 Å². The molecule has 0 amide bonds. The Hall–Kier alpha value is -2.61. The predicted molar refractivity (Wildman–Crippen MR) is 127 cm³/mol. The minimum absolute atomic E-state index is 0.118. The summed E-state index contributed by atoms with van der Waals surface area (Å²) in [5, 5.41) is 7.45. The number of benzene rings is 4. The van der Waals surface area contributed by atoms with Crippen molar-refractivity contribution in [2.45, 2.75) is 64.7 Å². The summed E-state index contributed by atoms with van der Waals surface area (Å²) in [5.74, 6) is -0.118. The van der Waals surface area contributed by atoms with Crippen LogP contribution in [0.5, 0.6) is 0 Å². The maximum Gasteiger partial charge on any atom is 0.310 e. The van der Waals surface area contributed by atoms with Gasteiger partial charge in [-0.05, 0) is 44.3 Å². The lowest BCUT2D eigenvalue weighted by Crippen LogP contribution is -2.09. The first-order chi connectivity index (χ1) is 14.8. The minimum atomic E-state index is -0.118. The van der Waals surface area contributed by atoms with Crippen LogP contribution in [0.25, 0.3) is 32.3 Å². The smallest absolute Gasteiger partial charge is 0.310 e. The van der Waals surface area contributed by atoms with Crippen molar-refractivity contribution in [2.24, 2.45) is 0 Å². The third-order valence-electron chi connectivity index (χ3n) is 6.21. The van der Waals surface area contributed by atoms with Crippen LogP contribution in [0, 0.1) is 0 Å². The van der Waals surface area contributed by atoms with E-state index in [1.54, 1.807) is 0 Å². The molecule has 0 saturated heterocycles. The van der Waals surface area contributed by atoms with E-state index in [0.29, 0.717) is 13.0 Å². The van der Waals surface area contributed by atoms with Gasteiger partial charge in [0.2, 0.25) is 0 Å². The molecule has 4 aromatic rings. The van der Waals surface area contributed by atoms with Crippen molar-refractivity contribution < 1.29 is 9.53 Å². The van der Waals surface area contributed by atoms with Crippen molar-refractivity contribution in [3.63, 3.8) is 0 Å². The highest BCUT2D eigenvalue weighted by molar-refractivity contribution is 6.23. The minimum Gasteiger partial charge on any atom is -0.465 e. The van der Waals surface area contributed by atoms with Crippen LogP contribution >= 0.6 is 0 Å². The number of esters is 1. The first-order valence-electron chi connectivity index (χ1n) is 11.6. The van der Waals surface area contributed by atoms with Gasteiger partial charge < -0.3 is 4.74 Å². The fourth-order valence-corrected chi connectivity index (χ4v) is 4.58. The quantitative estimate of drug-likeness (QED) is 0.146. The molecule has 2 nitrogen and oxygen atoms in total. The van der Waals surface area contributed by atoms with Crippen molar-refractivity contribution in [2.75, 3.05) is 6.61 Å². The van der Waals surface area contributed by atoms with Crippen molar-refractivity contribution in [1.82, 2.24) is 0 Å². The second-order valence-corrected chi connectivity index (χ2v) is 8.45. The Bertz CT molecular complexity index is 1100. The third-order valence-corrected chi connectivity index (χ3v) is 6.21. The fraction of sp³-hybridized carbons (Fsp3) is 0.393. The van der Waals surface area contributed by atoms with E-state index in [9.17, 15) is 4.79 Å². The van der Waals surface area contributed by atoms with Gasteiger partial charge in [0.25, 0.3) is 0 Å². The second-order valence-electron chi connectivity index (χ2n) is 8.45. The summed E-state index contributed by atoms with van der Waals surface area (Å²) in [6, 6.07) is 19.3. The van der Waals surface area contributed by atoms with E-state index in [1.807, 2.05) is 0 Å². The number of rotatable bonds is 11. The van der Waals surface area contributed by atoms with Crippen LogP contribution in [0.2, 0.25) is 0 Å². The van der Waals surface area contributed by atoms with Gasteiger partial charge in [0.05, 0.1) is 13.0 Å². The molecular formula is C28H32O2. The average Bonchev–Trinajstić information content (AvgIpc) is 2.77. The maximum atomic E-state index is 12.5. The molecule has 30 heavy (non-hydrogen) atoms. The molecule has 0 saturated carbocycles. The zero-order valence-electron chi connectivity index (χ0n) is 18.1. The Balaban J connectivity index is 1.35. The lowest BCUT2D eigenvalue weighted by Gasteiger charge is -2.13. The Kier molecular flexibility index (Phi) is 6.84. The maximum absolute atomic E-state index is 12.5. The lowest BCUT2D eigenvalue weighted by molar-refractivity contribution is -0.142. The summed E-state index contributed by atoms with van der Waals surface area (Å²) in [5.41, 5.74) is 1.06. The van der Waals surface area contributed by atoms with Gasteiger partial charge in [-0.2, -0.15) is 0 Å². The summed E-state index contributed by atoms with van der Waals surface area (Å²) in [6.45, 7) is 2.79. The van der Waals surface area contributed by atoms with Crippen LogP contribution < -0.4 is 0 Å². The molecule has 0 aliphatic rings.